The Morgan fingerprint density at radius 1 is 0.929 bits per heavy atom. The first-order valence-electron chi connectivity index (χ1n) is 8.90. The molecular weight excluding hydrogens is 374 g/mol. The summed E-state index contributed by atoms with van der Waals surface area (Å²) in [6, 6.07) is 22.8. The molecule has 0 aliphatic rings. The zero-order valence-electron chi connectivity index (χ0n) is 15.4. The number of amides is 1. The highest BCUT2D eigenvalue weighted by Crippen LogP contribution is 2.21. The third kappa shape index (κ3) is 5.21. The molecule has 3 aromatic rings. The Balaban J connectivity index is 1.76. The zero-order chi connectivity index (χ0) is 19.9. The van der Waals surface area contributed by atoms with Crippen LogP contribution in [0.25, 0.3) is 0 Å². The molecule has 0 aliphatic carbocycles. The summed E-state index contributed by atoms with van der Waals surface area (Å²) in [5.74, 6) is -0.306. The summed E-state index contributed by atoms with van der Waals surface area (Å²) >= 11 is 6.12. The number of hydrogen-bond acceptors (Lipinski definition) is 3. The van der Waals surface area contributed by atoms with Crippen LogP contribution in [-0.2, 0) is 4.79 Å². The first-order valence-corrected chi connectivity index (χ1v) is 9.28. The van der Waals surface area contributed by atoms with Crippen LogP contribution in [0.2, 0.25) is 5.02 Å². The van der Waals surface area contributed by atoms with Crippen molar-refractivity contribution in [1.29, 1.82) is 0 Å². The lowest BCUT2D eigenvalue weighted by Crippen LogP contribution is -2.31. The third-order valence-electron chi connectivity index (χ3n) is 4.25. The molecular formula is C23H20ClNO3. The van der Waals surface area contributed by atoms with Gasteiger partial charge < -0.3 is 10.1 Å². The minimum Gasteiger partial charge on any atom is -0.426 e. The summed E-state index contributed by atoms with van der Waals surface area (Å²) in [7, 11) is 0. The van der Waals surface area contributed by atoms with E-state index in [4.69, 9.17) is 16.3 Å². The smallest absolute Gasteiger partial charge is 0.313 e. The fraction of sp³-hybridized carbons (Fsp3) is 0.130. The lowest BCUT2D eigenvalue weighted by atomic mass is 10.0. The Morgan fingerprint density at radius 3 is 2.25 bits per heavy atom. The average Bonchev–Trinajstić information content (AvgIpc) is 2.70. The van der Waals surface area contributed by atoms with Crippen LogP contribution in [-0.4, -0.2) is 11.9 Å². The minimum atomic E-state index is -0.539. The molecule has 0 spiro atoms. The number of benzene rings is 3. The monoisotopic (exact) mass is 393 g/mol. The Kier molecular flexibility index (Phi) is 6.45. The SMILES string of the molecule is Cc1ccc(OC(=O)C[C@H](NC(=O)c2ccccc2Cl)c2ccccc2)cc1. The summed E-state index contributed by atoms with van der Waals surface area (Å²) in [6.07, 6.45) is -0.00587. The van der Waals surface area contributed by atoms with Crippen molar-refractivity contribution >= 4 is 23.5 Å². The molecule has 1 amide bonds. The fourth-order valence-corrected chi connectivity index (χ4v) is 2.99. The summed E-state index contributed by atoms with van der Waals surface area (Å²) < 4.78 is 5.42. The van der Waals surface area contributed by atoms with Gasteiger partial charge in [-0.1, -0.05) is 71.8 Å². The predicted octanol–water partition coefficient (Wildman–Crippen LogP) is 5.12. The molecule has 3 aromatic carbocycles. The minimum absolute atomic E-state index is 0.00587. The van der Waals surface area contributed by atoms with Gasteiger partial charge >= 0.3 is 5.97 Å². The van der Waals surface area contributed by atoms with Crippen molar-refractivity contribution in [1.82, 2.24) is 5.32 Å². The van der Waals surface area contributed by atoms with Crippen LogP contribution in [0.1, 0.15) is 33.9 Å². The molecule has 142 valence electrons. The molecule has 28 heavy (non-hydrogen) atoms. The van der Waals surface area contributed by atoms with Crippen LogP contribution in [0.15, 0.2) is 78.9 Å². The molecule has 0 heterocycles. The van der Waals surface area contributed by atoms with Crippen LogP contribution in [0.3, 0.4) is 0 Å². The van der Waals surface area contributed by atoms with Gasteiger partial charge in [-0.2, -0.15) is 0 Å². The van der Waals surface area contributed by atoms with Gasteiger partial charge in [0.25, 0.3) is 5.91 Å². The number of carbonyl (C=O) groups is 2. The number of halogens is 1. The molecule has 0 radical (unpaired) electrons. The number of rotatable bonds is 6. The highest BCUT2D eigenvalue weighted by Gasteiger charge is 2.21. The topological polar surface area (TPSA) is 55.4 Å². The van der Waals surface area contributed by atoms with Gasteiger partial charge in [0.05, 0.1) is 23.0 Å². The van der Waals surface area contributed by atoms with E-state index in [1.165, 1.54) is 0 Å². The van der Waals surface area contributed by atoms with Crippen molar-refractivity contribution in [2.75, 3.05) is 0 Å². The van der Waals surface area contributed by atoms with E-state index in [1.54, 1.807) is 36.4 Å². The first-order chi connectivity index (χ1) is 13.5. The van der Waals surface area contributed by atoms with E-state index in [0.29, 0.717) is 16.3 Å². The van der Waals surface area contributed by atoms with Crippen molar-refractivity contribution < 1.29 is 14.3 Å². The maximum absolute atomic E-state index is 12.7. The number of aryl methyl sites for hydroxylation is 1. The van der Waals surface area contributed by atoms with Gasteiger partial charge in [0, 0.05) is 0 Å². The molecule has 5 heteroatoms. The fourth-order valence-electron chi connectivity index (χ4n) is 2.77. The van der Waals surface area contributed by atoms with E-state index < -0.39 is 12.0 Å². The van der Waals surface area contributed by atoms with Gasteiger partial charge in [-0.15, -0.1) is 0 Å². The second-order valence-electron chi connectivity index (χ2n) is 6.41. The van der Waals surface area contributed by atoms with E-state index in [1.807, 2.05) is 49.4 Å². The van der Waals surface area contributed by atoms with Gasteiger partial charge in [0.2, 0.25) is 0 Å². The maximum atomic E-state index is 12.7. The van der Waals surface area contributed by atoms with Gasteiger partial charge in [-0.3, -0.25) is 9.59 Å². The number of ether oxygens (including phenoxy) is 1. The van der Waals surface area contributed by atoms with Crippen molar-refractivity contribution in [2.45, 2.75) is 19.4 Å². The van der Waals surface area contributed by atoms with Crippen LogP contribution in [0.4, 0.5) is 0 Å². The second-order valence-corrected chi connectivity index (χ2v) is 6.82. The van der Waals surface area contributed by atoms with Crippen LogP contribution >= 0.6 is 11.6 Å². The first kappa shape index (κ1) is 19.6. The lowest BCUT2D eigenvalue weighted by Gasteiger charge is -2.19. The van der Waals surface area contributed by atoms with Gasteiger partial charge in [-0.05, 0) is 36.8 Å². The zero-order valence-corrected chi connectivity index (χ0v) is 16.1. The Bertz CT molecular complexity index is 955. The molecule has 0 aromatic heterocycles. The molecule has 3 rings (SSSR count). The molecule has 0 unspecified atom stereocenters. The van der Waals surface area contributed by atoms with Crippen LogP contribution in [0.5, 0.6) is 5.75 Å². The van der Waals surface area contributed by atoms with E-state index in [9.17, 15) is 9.59 Å². The van der Waals surface area contributed by atoms with Gasteiger partial charge in [0.1, 0.15) is 5.75 Å². The van der Waals surface area contributed by atoms with E-state index in [-0.39, 0.29) is 12.3 Å². The highest BCUT2D eigenvalue weighted by molar-refractivity contribution is 6.33. The lowest BCUT2D eigenvalue weighted by molar-refractivity contribution is -0.134. The summed E-state index contributed by atoms with van der Waals surface area (Å²) in [6.45, 7) is 1.96. The van der Waals surface area contributed by atoms with Crippen LogP contribution in [0, 0.1) is 6.92 Å². The van der Waals surface area contributed by atoms with Crippen molar-refractivity contribution in [3.8, 4) is 5.75 Å². The Labute approximate surface area is 169 Å². The van der Waals surface area contributed by atoms with Crippen molar-refractivity contribution in [3.63, 3.8) is 0 Å². The van der Waals surface area contributed by atoms with Gasteiger partial charge in [0.15, 0.2) is 0 Å². The molecule has 1 atom stereocenters. The second kappa shape index (κ2) is 9.20. The maximum Gasteiger partial charge on any atom is 0.313 e. The number of nitrogens with one attached hydrogen (secondary N) is 1. The number of hydrogen-bond donors (Lipinski definition) is 1. The molecule has 1 N–H and O–H groups in total. The predicted molar refractivity (Wildman–Crippen MR) is 110 cm³/mol. The average molecular weight is 394 g/mol. The summed E-state index contributed by atoms with van der Waals surface area (Å²) in [4.78, 5) is 25.1. The molecule has 0 aliphatic heterocycles. The van der Waals surface area contributed by atoms with Gasteiger partial charge in [-0.25, -0.2) is 0 Å². The quantitative estimate of drug-likeness (QED) is 0.467. The number of carbonyl (C=O) groups excluding carboxylic acids is 2. The molecule has 4 nitrogen and oxygen atoms in total. The number of esters is 1. The molecule has 0 saturated carbocycles. The third-order valence-corrected chi connectivity index (χ3v) is 4.58. The Morgan fingerprint density at radius 2 is 1.57 bits per heavy atom. The van der Waals surface area contributed by atoms with E-state index in [0.717, 1.165) is 11.1 Å². The van der Waals surface area contributed by atoms with Crippen molar-refractivity contribution in [3.05, 3.63) is 101 Å². The van der Waals surface area contributed by atoms with Crippen LogP contribution < -0.4 is 10.1 Å². The summed E-state index contributed by atoms with van der Waals surface area (Å²) in [5, 5.41) is 3.25. The molecule has 0 bridgehead atoms. The summed E-state index contributed by atoms with van der Waals surface area (Å²) in [5.41, 5.74) is 2.25. The normalized spacial score (nSPS) is 11.5. The van der Waals surface area contributed by atoms with E-state index >= 15 is 0 Å². The largest absolute Gasteiger partial charge is 0.426 e. The standard InChI is InChI=1S/C23H20ClNO3/c1-16-11-13-18(14-12-16)28-22(26)15-21(17-7-3-2-4-8-17)25-23(27)19-9-5-6-10-20(19)24/h2-14,21H,15H2,1H3,(H,25,27)/t21-/m0/s1. The molecule has 0 fully saturated rings. The highest BCUT2D eigenvalue weighted by atomic mass is 35.5. The molecule has 0 saturated heterocycles. The van der Waals surface area contributed by atoms with Crippen molar-refractivity contribution in [2.24, 2.45) is 0 Å². The van der Waals surface area contributed by atoms with E-state index in [2.05, 4.69) is 5.32 Å². The Hall–Kier alpha value is -3.11.